The Hall–Kier alpha value is -2.18. The quantitative estimate of drug-likeness (QED) is 0.907. The number of halogens is 1. The van der Waals surface area contributed by atoms with Crippen LogP contribution in [0.4, 0.5) is 4.39 Å². The van der Waals surface area contributed by atoms with Gasteiger partial charge in [-0.1, -0.05) is 32.9 Å². The lowest BCUT2D eigenvalue weighted by atomic mass is 9.90. The van der Waals surface area contributed by atoms with E-state index in [-0.39, 0.29) is 23.1 Å². The first-order valence-corrected chi connectivity index (χ1v) is 8.76. The molecule has 2 N–H and O–H groups in total. The second-order valence-corrected chi connectivity index (χ2v) is 7.73. The van der Waals surface area contributed by atoms with Crippen LogP contribution < -0.4 is 5.73 Å². The Balaban J connectivity index is 1.78. The SMILES string of the molecule is CC(C)(C)c1oc(C(N)=O)cc1CN1CCOC(c2ccc(F)cc2)C1. The van der Waals surface area contributed by atoms with Crippen molar-refractivity contribution in [3.05, 3.63) is 58.8 Å². The molecule has 0 saturated carbocycles. The molecule has 6 heteroatoms. The molecule has 1 aliphatic heterocycles. The van der Waals surface area contributed by atoms with Crippen molar-refractivity contribution in [3.63, 3.8) is 0 Å². The molecule has 1 amide bonds. The molecule has 1 fully saturated rings. The van der Waals surface area contributed by atoms with Crippen LogP contribution in [0.25, 0.3) is 0 Å². The molecule has 2 aromatic rings. The van der Waals surface area contributed by atoms with Gasteiger partial charge in [-0.15, -0.1) is 0 Å². The third-order valence-electron chi connectivity index (χ3n) is 4.52. The fraction of sp³-hybridized carbons (Fsp3) is 0.450. The maximum atomic E-state index is 13.1. The van der Waals surface area contributed by atoms with Crippen LogP contribution in [-0.2, 0) is 16.7 Å². The number of hydrogen-bond donors (Lipinski definition) is 1. The van der Waals surface area contributed by atoms with E-state index in [4.69, 9.17) is 14.9 Å². The summed E-state index contributed by atoms with van der Waals surface area (Å²) in [4.78, 5) is 13.8. The van der Waals surface area contributed by atoms with E-state index in [2.05, 4.69) is 4.90 Å². The van der Waals surface area contributed by atoms with Gasteiger partial charge in [0.05, 0.1) is 12.7 Å². The molecule has 5 nitrogen and oxygen atoms in total. The highest BCUT2D eigenvalue weighted by Gasteiger charge is 2.28. The number of morpholine rings is 1. The molecular weight excluding hydrogens is 335 g/mol. The van der Waals surface area contributed by atoms with E-state index in [0.29, 0.717) is 19.7 Å². The van der Waals surface area contributed by atoms with Gasteiger partial charge < -0.3 is 14.9 Å². The largest absolute Gasteiger partial charge is 0.455 e. The number of nitrogens with zero attached hydrogens (tertiary/aromatic N) is 1. The lowest BCUT2D eigenvalue weighted by Crippen LogP contribution is -2.38. The maximum Gasteiger partial charge on any atom is 0.284 e. The van der Waals surface area contributed by atoms with Crippen LogP contribution in [0.3, 0.4) is 0 Å². The summed E-state index contributed by atoms with van der Waals surface area (Å²) >= 11 is 0. The molecule has 1 saturated heterocycles. The number of benzene rings is 1. The molecule has 3 rings (SSSR count). The Morgan fingerprint density at radius 3 is 2.62 bits per heavy atom. The molecular formula is C20H25FN2O3. The number of hydrogen-bond acceptors (Lipinski definition) is 4. The van der Waals surface area contributed by atoms with Gasteiger partial charge in [0.25, 0.3) is 5.91 Å². The van der Waals surface area contributed by atoms with Crippen LogP contribution in [-0.4, -0.2) is 30.5 Å². The molecule has 0 radical (unpaired) electrons. The van der Waals surface area contributed by atoms with Gasteiger partial charge in [-0.25, -0.2) is 4.39 Å². The normalized spacial score (nSPS) is 18.8. The van der Waals surface area contributed by atoms with Crippen molar-refractivity contribution >= 4 is 5.91 Å². The first kappa shape index (κ1) is 18.6. The predicted molar refractivity (Wildman–Crippen MR) is 96.3 cm³/mol. The highest BCUT2D eigenvalue weighted by Crippen LogP contribution is 2.31. The second kappa shape index (κ2) is 7.21. The van der Waals surface area contributed by atoms with Crippen molar-refractivity contribution in [3.8, 4) is 0 Å². The second-order valence-electron chi connectivity index (χ2n) is 7.73. The molecule has 2 heterocycles. The van der Waals surface area contributed by atoms with Crippen molar-refractivity contribution in [1.82, 2.24) is 4.90 Å². The van der Waals surface area contributed by atoms with Gasteiger partial charge in [0.2, 0.25) is 0 Å². The summed E-state index contributed by atoms with van der Waals surface area (Å²) in [6.07, 6.45) is -0.107. The van der Waals surface area contributed by atoms with Crippen LogP contribution in [0.2, 0.25) is 0 Å². The van der Waals surface area contributed by atoms with Gasteiger partial charge in [-0.3, -0.25) is 9.69 Å². The molecule has 1 atom stereocenters. The Bertz CT molecular complexity index is 777. The highest BCUT2D eigenvalue weighted by molar-refractivity contribution is 5.90. The van der Waals surface area contributed by atoms with Crippen molar-refractivity contribution in [2.75, 3.05) is 19.7 Å². The van der Waals surface area contributed by atoms with Gasteiger partial charge in [-0.05, 0) is 23.8 Å². The van der Waals surface area contributed by atoms with E-state index >= 15 is 0 Å². The number of carbonyl (C=O) groups is 1. The standard InChI is InChI=1S/C20H25FN2O3/c1-20(2,3)18-14(10-16(26-18)19(22)24)11-23-8-9-25-17(12-23)13-4-6-15(21)7-5-13/h4-7,10,17H,8-9,11-12H2,1-3H3,(H2,22,24). The monoisotopic (exact) mass is 360 g/mol. The van der Waals surface area contributed by atoms with E-state index in [9.17, 15) is 9.18 Å². The Morgan fingerprint density at radius 2 is 2.00 bits per heavy atom. The van der Waals surface area contributed by atoms with Crippen molar-refractivity contribution in [2.24, 2.45) is 5.73 Å². The molecule has 0 bridgehead atoms. The number of primary amides is 1. The van der Waals surface area contributed by atoms with Crippen molar-refractivity contribution in [1.29, 1.82) is 0 Å². The summed E-state index contributed by atoms with van der Waals surface area (Å²) in [7, 11) is 0. The molecule has 26 heavy (non-hydrogen) atoms. The van der Waals surface area contributed by atoms with E-state index in [1.165, 1.54) is 12.1 Å². The molecule has 0 spiro atoms. The van der Waals surface area contributed by atoms with Crippen LogP contribution in [0.15, 0.2) is 34.7 Å². The van der Waals surface area contributed by atoms with Crippen LogP contribution in [0, 0.1) is 5.82 Å². The lowest BCUT2D eigenvalue weighted by Gasteiger charge is -2.33. The Labute approximate surface area is 152 Å². The van der Waals surface area contributed by atoms with Gasteiger partial charge in [0.1, 0.15) is 11.6 Å². The number of amides is 1. The van der Waals surface area contributed by atoms with Crippen LogP contribution in [0.5, 0.6) is 0 Å². The van der Waals surface area contributed by atoms with E-state index in [1.54, 1.807) is 18.2 Å². The maximum absolute atomic E-state index is 13.1. The molecule has 0 aliphatic carbocycles. The average Bonchev–Trinajstić information content (AvgIpc) is 3.00. The Morgan fingerprint density at radius 1 is 1.31 bits per heavy atom. The minimum atomic E-state index is -0.562. The van der Waals surface area contributed by atoms with Gasteiger partial charge >= 0.3 is 0 Å². The molecule has 1 aliphatic rings. The zero-order valence-electron chi connectivity index (χ0n) is 15.4. The zero-order valence-corrected chi connectivity index (χ0v) is 15.4. The summed E-state index contributed by atoms with van der Waals surface area (Å²) in [5.74, 6) is 0.144. The molecule has 140 valence electrons. The van der Waals surface area contributed by atoms with E-state index in [1.807, 2.05) is 20.8 Å². The van der Waals surface area contributed by atoms with Crippen LogP contribution in [0.1, 0.15) is 54.3 Å². The third kappa shape index (κ3) is 4.14. The number of rotatable bonds is 4. The van der Waals surface area contributed by atoms with Gasteiger partial charge in [0.15, 0.2) is 5.76 Å². The van der Waals surface area contributed by atoms with Crippen molar-refractivity contribution in [2.45, 2.75) is 38.8 Å². The molecule has 1 aromatic heterocycles. The first-order chi connectivity index (χ1) is 12.2. The fourth-order valence-corrected chi connectivity index (χ4v) is 3.27. The summed E-state index contributed by atoms with van der Waals surface area (Å²) in [6, 6.07) is 8.15. The summed E-state index contributed by atoms with van der Waals surface area (Å²) in [5, 5.41) is 0. The van der Waals surface area contributed by atoms with E-state index < -0.39 is 5.91 Å². The Kier molecular flexibility index (Phi) is 5.16. The first-order valence-electron chi connectivity index (χ1n) is 8.76. The number of furan rings is 1. The van der Waals surface area contributed by atoms with Gasteiger partial charge in [-0.2, -0.15) is 0 Å². The minimum Gasteiger partial charge on any atom is -0.455 e. The third-order valence-corrected chi connectivity index (χ3v) is 4.52. The minimum absolute atomic E-state index is 0.107. The topological polar surface area (TPSA) is 68.7 Å². The average molecular weight is 360 g/mol. The summed E-state index contributed by atoms with van der Waals surface area (Å²) in [6.45, 7) is 8.82. The molecule has 1 aromatic carbocycles. The molecule has 1 unspecified atom stereocenters. The zero-order chi connectivity index (χ0) is 18.9. The predicted octanol–water partition coefficient (Wildman–Crippen LogP) is 3.39. The van der Waals surface area contributed by atoms with Crippen molar-refractivity contribution < 1.29 is 18.3 Å². The smallest absolute Gasteiger partial charge is 0.284 e. The number of carbonyl (C=O) groups excluding carboxylic acids is 1. The van der Waals surface area contributed by atoms with Gasteiger partial charge in [0, 0.05) is 30.6 Å². The summed E-state index contributed by atoms with van der Waals surface area (Å²) in [5.41, 5.74) is 7.07. The number of ether oxygens (including phenoxy) is 1. The van der Waals surface area contributed by atoms with Crippen LogP contribution >= 0.6 is 0 Å². The lowest BCUT2D eigenvalue weighted by molar-refractivity contribution is -0.0331. The number of nitrogens with two attached hydrogens (primary N) is 1. The fourth-order valence-electron chi connectivity index (χ4n) is 3.27. The summed E-state index contributed by atoms with van der Waals surface area (Å²) < 4.78 is 24.7. The highest BCUT2D eigenvalue weighted by atomic mass is 19.1. The van der Waals surface area contributed by atoms with E-state index in [0.717, 1.165) is 23.4 Å².